The number of ether oxygens (including phenoxy) is 1. The van der Waals surface area contributed by atoms with E-state index in [9.17, 15) is 8.42 Å². The third kappa shape index (κ3) is 2.43. The number of hydrogen-bond acceptors (Lipinski definition) is 5. The van der Waals surface area contributed by atoms with Gasteiger partial charge in [-0.25, -0.2) is 8.42 Å². The average molecular weight is 274 g/mol. The van der Waals surface area contributed by atoms with Crippen molar-refractivity contribution in [2.75, 3.05) is 20.2 Å². The molecule has 0 aromatic carbocycles. The maximum Gasteiger partial charge on any atom is 0.248 e. The van der Waals surface area contributed by atoms with E-state index < -0.39 is 10.0 Å². The molecule has 1 unspecified atom stereocenters. The number of hydrogen-bond donors (Lipinski definition) is 0. The fourth-order valence-electron chi connectivity index (χ4n) is 2.17. The predicted molar refractivity (Wildman–Crippen MR) is 64.8 cm³/mol. The predicted octanol–water partition coefficient (Wildman–Crippen LogP) is 1.09. The first-order chi connectivity index (χ1) is 8.43. The first kappa shape index (κ1) is 13.5. The number of sulfonamides is 1. The fraction of sp³-hybridized carbons (Fsp3) is 0.727. The first-order valence-electron chi connectivity index (χ1n) is 5.93. The number of aromatic nitrogens is 1. The molecule has 6 nitrogen and oxygen atoms in total. The molecule has 1 aliphatic rings. The molecule has 0 N–H and O–H groups in total. The van der Waals surface area contributed by atoms with Gasteiger partial charge in [0.15, 0.2) is 5.76 Å². The zero-order chi connectivity index (χ0) is 13.3. The van der Waals surface area contributed by atoms with Crippen molar-refractivity contribution >= 4 is 10.0 Å². The van der Waals surface area contributed by atoms with E-state index in [1.54, 1.807) is 20.9 Å². The zero-order valence-electron chi connectivity index (χ0n) is 10.8. The molecule has 2 heterocycles. The summed E-state index contributed by atoms with van der Waals surface area (Å²) in [6.45, 7) is 4.31. The van der Waals surface area contributed by atoms with Crippen molar-refractivity contribution in [3.05, 3.63) is 11.5 Å². The van der Waals surface area contributed by atoms with Gasteiger partial charge in [0, 0.05) is 20.2 Å². The standard InChI is InChI=1S/C11H18N2O4S/c1-8-11(9(2)17-12-8)18(14,15)13(3)7-10-5-4-6-16-10/h10H,4-7H2,1-3H3. The molecule has 0 radical (unpaired) electrons. The molecule has 2 rings (SSSR count). The molecular formula is C11H18N2O4S. The Hall–Kier alpha value is -0.920. The summed E-state index contributed by atoms with van der Waals surface area (Å²) in [6, 6.07) is 0. The highest BCUT2D eigenvalue weighted by atomic mass is 32.2. The highest BCUT2D eigenvalue weighted by Gasteiger charge is 2.30. The Morgan fingerprint density at radius 1 is 1.44 bits per heavy atom. The van der Waals surface area contributed by atoms with Crippen LogP contribution in [0.1, 0.15) is 24.3 Å². The summed E-state index contributed by atoms with van der Waals surface area (Å²) in [5.74, 6) is 0.326. The molecular weight excluding hydrogens is 256 g/mol. The maximum atomic E-state index is 12.4. The summed E-state index contributed by atoms with van der Waals surface area (Å²) in [7, 11) is -1.99. The van der Waals surface area contributed by atoms with Crippen LogP contribution in [0.4, 0.5) is 0 Å². The molecule has 1 atom stereocenters. The maximum absolute atomic E-state index is 12.4. The van der Waals surface area contributed by atoms with E-state index in [2.05, 4.69) is 5.16 Å². The summed E-state index contributed by atoms with van der Waals surface area (Å²) in [5.41, 5.74) is 0.395. The van der Waals surface area contributed by atoms with E-state index in [1.807, 2.05) is 0 Å². The average Bonchev–Trinajstić information content (AvgIpc) is 2.89. The fourth-order valence-corrected chi connectivity index (χ4v) is 3.66. The minimum atomic E-state index is -3.55. The molecule has 1 aromatic heterocycles. The van der Waals surface area contributed by atoms with Gasteiger partial charge < -0.3 is 9.26 Å². The Morgan fingerprint density at radius 2 is 2.17 bits per heavy atom. The quantitative estimate of drug-likeness (QED) is 0.821. The van der Waals surface area contributed by atoms with Crippen molar-refractivity contribution in [3.63, 3.8) is 0 Å². The SMILES string of the molecule is Cc1noc(C)c1S(=O)(=O)N(C)CC1CCCO1. The lowest BCUT2D eigenvalue weighted by Gasteiger charge is -2.20. The van der Waals surface area contributed by atoms with E-state index in [0.717, 1.165) is 12.8 Å². The van der Waals surface area contributed by atoms with E-state index in [0.29, 0.717) is 24.6 Å². The van der Waals surface area contributed by atoms with Crippen LogP contribution in [0.25, 0.3) is 0 Å². The van der Waals surface area contributed by atoms with Crippen LogP contribution < -0.4 is 0 Å². The van der Waals surface area contributed by atoms with Crippen molar-refractivity contribution in [1.29, 1.82) is 0 Å². The van der Waals surface area contributed by atoms with Crippen LogP contribution in [0.5, 0.6) is 0 Å². The summed E-state index contributed by atoms with van der Waals surface area (Å²) in [4.78, 5) is 0.169. The third-order valence-corrected chi connectivity index (χ3v) is 5.19. The number of aryl methyl sites for hydroxylation is 2. The third-order valence-electron chi connectivity index (χ3n) is 3.12. The van der Waals surface area contributed by atoms with Gasteiger partial charge in [0.05, 0.1) is 6.10 Å². The molecule has 1 aliphatic heterocycles. The largest absolute Gasteiger partial charge is 0.377 e. The molecule has 0 aliphatic carbocycles. The highest BCUT2D eigenvalue weighted by molar-refractivity contribution is 7.89. The summed E-state index contributed by atoms with van der Waals surface area (Å²) in [6.07, 6.45) is 1.89. The zero-order valence-corrected chi connectivity index (χ0v) is 11.7. The molecule has 1 saturated heterocycles. The molecule has 1 aromatic rings. The van der Waals surface area contributed by atoms with Crippen molar-refractivity contribution in [1.82, 2.24) is 9.46 Å². The van der Waals surface area contributed by atoms with Gasteiger partial charge in [-0.15, -0.1) is 0 Å². The second-order valence-corrected chi connectivity index (χ2v) is 6.56. The number of likely N-dealkylation sites (N-methyl/N-ethyl adjacent to an activating group) is 1. The van der Waals surface area contributed by atoms with E-state index in [4.69, 9.17) is 9.26 Å². The molecule has 7 heteroatoms. The van der Waals surface area contributed by atoms with Crippen molar-refractivity contribution in [2.45, 2.75) is 37.7 Å². The topological polar surface area (TPSA) is 72.6 Å². The molecule has 0 bridgehead atoms. The Balaban J connectivity index is 2.20. The van der Waals surface area contributed by atoms with Crippen LogP contribution >= 0.6 is 0 Å². The van der Waals surface area contributed by atoms with Gasteiger partial charge in [-0.1, -0.05) is 5.16 Å². The normalized spacial score (nSPS) is 20.8. The number of rotatable bonds is 4. The van der Waals surface area contributed by atoms with Crippen LogP contribution in [0.3, 0.4) is 0 Å². The van der Waals surface area contributed by atoms with Gasteiger partial charge in [-0.05, 0) is 26.7 Å². The van der Waals surface area contributed by atoms with Crippen molar-refractivity contribution in [3.8, 4) is 0 Å². The summed E-state index contributed by atoms with van der Waals surface area (Å²) >= 11 is 0. The molecule has 18 heavy (non-hydrogen) atoms. The van der Waals surface area contributed by atoms with E-state index in [-0.39, 0.29) is 11.0 Å². The van der Waals surface area contributed by atoms with Crippen LogP contribution in [0, 0.1) is 13.8 Å². The Kier molecular flexibility index (Phi) is 3.74. The highest BCUT2D eigenvalue weighted by Crippen LogP contribution is 2.23. The lowest BCUT2D eigenvalue weighted by atomic mass is 10.2. The Labute approximate surface area is 107 Å². The lowest BCUT2D eigenvalue weighted by Crippen LogP contribution is -2.34. The molecule has 0 amide bonds. The van der Waals surface area contributed by atoms with E-state index in [1.165, 1.54) is 4.31 Å². The van der Waals surface area contributed by atoms with Crippen molar-refractivity contribution in [2.24, 2.45) is 0 Å². The van der Waals surface area contributed by atoms with Crippen molar-refractivity contribution < 1.29 is 17.7 Å². The van der Waals surface area contributed by atoms with E-state index >= 15 is 0 Å². The van der Waals surface area contributed by atoms with Gasteiger partial charge >= 0.3 is 0 Å². The Morgan fingerprint density at radius 3 is 2.67 bits per heavy atom. The Bertz CT molecular complexity index is 498. The lowest BCUT2D eigenvalue weighted by molar-refractivity contribution is 0.0978. The minimum Gasteiger partial charge on any atom is -0.377 e. The van der Waals surface area contributed by atoms with Crippen LogP contribution in [-0.4, -0.2) is 44.2 Å². The summed E-state index contributed by atoms with van der Waals surface area (Å²) < 4.78 is 36.5. The van der Waals surface area contributed by atoms with Gasteiger partial charge in [-0.3, -0.25) is 0 Å². The monoisotopic (exact) mass is 274 g/mol. The van der Waals surface area contributed by atoms with Gasteiger partial charge in [0.2, 0.25) is 10.0 Å². The number of nitrogens with zero attached hydrogens (tertiary/aromatic N) is 2. The molecule has 1 fully saturated rings. The molecule has 0 spiro atoms. The van der Waals surface area contributed by atoms with Crippen LogP contribution in [-0.2, 0) is 14.8 Å². The van der Waals surface area contributed by atoms with Gasteiger partial charge in [0.25, 0.3) is 0 Å². The van der Waals surface area contributed by atoms with Gasteiger partial charge in [0.1, 0.15) is 10.6 Å². The summed E-state index contributed by atoms with van der Waals surface area (Å²) in [5, 5.41) is 3.68. The minimum absolute atomic E-state index is 0.00903. The van der Waals surface area contributed by atoms with Gasteiger partial charge in [-0.2, -0.15) is 4.31 Å². The first-order valence-corrected chi connectivity index (χ1v) is 7.37. The van der Waals surface area contributed by atoms with Crippen LogP contribution in [0.2, 0.25) is 0 Å². The molecule has 102 valence electrons. The smallest absolute Gasteiger partial charge is 0.248 e. The van der Waals surface area contributed by atoms with Crippen LogP contribution in [0.15, 0.2) is 9.42 Å². The molecule has 0 saturated carbocycles. The second kappa shape index (κ2) is 4.99. The second-order valence-electron chi connectivity index (χ2n) is 4.57.